The number of amides is 1. The number of aromatic amines is 1. The molecule has 0 spiro atoms. The van der Waals surface area contributed by atoms with E-state index in [1.165, 1.54) is 26.0 Å². The SMILES string of the molecule is COc1ccc2[nH]c3nc(SCC(=O)Nc4c(OC)cccc4OC)nnc3c2c1. The van der Waals surface area contributed by atoms with Crippen molar-refractivity contribution in [3.8, 4) is 17.2 Å². The number of ether oxygens (including phenoxy) is 3. The second kappa shape index (κ2) is 8.46. The fourth-order valence-corrected chi connectivity index (χ4v) is 3.59. The Bertz CT molecular complexity index is 1200. The molecule has 0 fully saturated rings. The van der Waals surface area contributed by atoms with Crippen molar-refractivity contribution in [1.29, 1.82) is 0 Å². The minimum Gasteiger partial charge on any atom is -0.497 e. The molecule has 0 bridgehead atoms. The van der Waals surface area contributed by atoms with Crippen LogP contribution in [0.15, 0.2) is 41.6 Å². The van der Waals surface area contributed by atoms with Crippen LogP contribution in [0, 0.1) is 0 Å². The fourth-order valence-electron chi connectivity index (χ4n) is 3.00. The number of carbonyl (C=O) groups is 1. The molecule has 30 heavy (non-hydrogen) atoms. The fraction of sp³-hybridized carbons (Fsp3) is 0.200. The Kier molecular flexibility index (Phi) is 5.57. The summed E-state index contributed by atoms with van der Waals surface area (Å²) in [6.07, 6.45) is 0. The minimum atomic E-state index is -0.243. The number of anilines is 1. The highest BCUT2D eigenvalue weighted by atomic mass is 32.2. The lowest BCUT2D eigenvalue weighted by molar-refractivity contribution is -0.113. The summed E-state index contributed by atoms with van der Waals surface area (Å²) in [5.74, 6) is 1.61. The number of hydrogen-bond acceptors (Lipinski definition) is 8. The average molecular weight is 425 g/mol. The van der Waals surface area contributed by atoms with Gasteiger partial charge in [-0.25, -0.2) is 4.98 Å². The van der Waals surface area contributed by atoms with Crippen LogP contribution < -0.4 is 19.5 Å². The lowest BCUT2D eigenvalue weighted by Gasteiger charge is -2.13. The first-order chi connectivity index (χ1) is 14.6. The third-order valence-electron chi connectivity index (χ3n) is 4.43. The van der Waals surface area contributed by atoms with E-state index in [1.54, 1.807) is 25.3 Å². The molecule has 154 valence electrons. The first-order valence-corrected chi connectivity index (χ1v) is 9.95. The van der Waals surface area contributed by atoms with Gasteiger partial charge in [-0.15, -0.1) is 10.2 Å². The van der Waals surface area contributed by atoms with Gasteiger partial charge in [0, 0.05) is 10.9 Å². The van der Waals surface area contributed by atoms with Crippen LogP contribution in [-0.2, 0) is 4.79 Å². The van der Waals surface area contributed by atoms with Crippen molar-refractivity contribution < 1.29 is 19.0 Å². The number of nitrogens with one attached hydrogen (secondary N) is 2. The van der Waals surface area contributed by atoms with Crippen molar-refractivity contribution in [2.45, 2.75) is 5.16 Å². The number of benzene rings is 2. The number of hydrogen-bond donors (Lipinski definition) is 2. The quantitative estimate of drug-likeness (QED) is 0.434. The van der Waals surface area contributed by atoms with E-state index in [2.05, 4.69) is 25.5 Å². The van der Waals surface area contributed by atoms with Gasteiger partial charge in [0.25, 0.3) is 0 Å². The van der Waals surface area contributed by atoms with E-state index < -0.39 is 0 Å². The summed E-state index contributed by atoms with van der Waals surface area (Å²) in [6.45, 7) is 0. The molecular weight excluding hydrogens is 406 g/mol. The molecule has 1 amide bonds. The maximum absolute atomic E-state index is 12.5. The summed E-state index contributed by atoms with van der Waals surface area (Å²) in [7, 11) is 4.67. The zero-order valence-corrected chi connectivity index (χ0v) is 17.4. The molecule has 0 saturated carbocycles. The molecule has 0 aliphatic carbocycles. The van der Waals surface area contributed by atoms with Gasteiger partial charge in [0.1, 0.15) is 28.5 Å². The van der Waals surface area contributed by atoms with E-state index in [4.69, 9.17) is 14.2 Å². The van der Waals surface area contributed by atoms with Gasteiger partial charge >= 0.3 is 0 Å². The van der Waals surface area contributed by atoms with Crippen molar-refractivity contribution >= 4 is 45.4 Å². The Morgan fingerprint density at radius 2 is 1.83 bits per heavy atom. The van der Waals surface area contributed by atoms with Crippen LogP contribution in [0.2, 0.25) is 0 Å². The van der Waals surface area contributed by atoms with Crippen LogP contribution in [0.5, 0.6) is 17.2 Å². The number of aromatic nitrogens is 4. The largest absolute Gasteiger partial charge is 0.497 e. The molecule has 0 aliphatic rings. The van der Waals surface area contributed by atoms with Crippen molar-refractivity contribution in [2.75, 3.05) is 32.4 Å². The molecule has 2 heterocycles. The first-order valence-electron chi connectivity index (χ1n) is 8.96. The molecule has 9 nitrogen and oxygen atoms in total. The lowest BCUT2D eigenvalue weighted by Crippen LogP contribution is -2.15. The van der Waals surface area contributed by atoms with Gasteiger partial charge in [0.05, 0.1) is 27.1 Å². The predicted octanol–water partition coefficient (Wildman–Crippen LogP) is 3.26. The smallest absolute Gasteiger partial charge is 0.235 e. The second-order valence-corrected chi connectivity index (χ2v) is 7.14. The van der Waals surface area contributed by atoms with Crippen molar-refractivity contribution in [2.24, 2.45) is 0 Å². The molecule has 0 atom stereocenters. The van der Waals surface area contributed by atoms with E-state index in [9.17, 15) is 4.79 Å². The van der Waals surface area contributed by atoms with Gasteiger partial charge in [0.15, 0.2) is 5.65 Å². The van der Waals surface area contributed by atoms with Crippen LogP contribution in [0.25, 0.3) is 22.1 Å². The van der Waals surface area contributed by atoms with Crippen LogP contribution in [-0.4, -0.2) is 53.2 Å². The second-order valence-electron chi connectivity index (χ2n) is 6.20. The number of thioether (sulfide) groups is 1. The standard InChI is InChI=1S/C20H19N5O4S/c1-27-11-7-8-13-12(9-11)17-19(21-13)23-20(25-24-17)30-10-16(26)22-18-14(28-2)5-4-6-15(18)29-3/h4-9H,10H2,1-3H3,(H,22,26)(H,21,23,25). The van der Waals surface area contributed by atoms with E-state index in [0.29, 0.717) is 33.5 Å². The summed E-state index contributed by atoms with van der Waals surface area (Å²) in [4.78, 5) is 20.1. The number of H-pyrrole nitrogens is 1. The van der Waals surface area contributed by atoms with Crippen LogP contribution >= 0.6 is 11.8 Å². The van der Waals surface area contributed by atoms with E-state index in [1.807, 2.05) is 18.2 Å². The van der Waals surface area contributed by atoms with Gasteiger partial charge in [-0.1, -0.05) is 17.8 Å². The Balaban J connectivity index is 1.50. The van der Waals surface area contributed by atoms with E-state index in [0.717, 1.165) is 16.7 Å². The Labute approximate surface area is 176 Å². The normalized spacial score (nSPS) is 10.9. The highest BCUT2D eigenvalue weighted by Crippen LogP contribution is 2.34. The van der Waals surface area contributed by atoms with Crippen molar-refractivity contribution in [3.63, 3.8) is 0 Å². The number of fused-ring (bicyclic) bond motifs is 3. The van der Waals surface area contributed by atoms with Crippen molar-refractivity contribution in [1.82, 2.24) is 20.2 Å². The number of rotatable bonds is 7. The summed E-state index contributed by atoms with van der Waals surface area (Å²) in [5, 5.41) is 12.5. The molecule has 10 heteroatoms. The van der Waals surface area contributed by atoms with Gasteiger partial charge in [0.2, 0.25) is 11.1 Å². The molecule has 2 N–H and O–H groups in total. The monoisotopic (exact) mass is 425 g/mol. The van der Waals surface area contributed by atoms with Gasteiger partial charge in [-0.05, 0) is 30.3 Å². The Hall–Kier alpha value is -3.53. The lowest BCUT2D eigenvalue weighted by atomic mass is 10.2. The highest BCUT2D eigenvalue weighted by molar-refractivity contribution is 7.99. The van der Waals surface area contributed by atoms with Crippen LogP contribution in [0.3, 0.4) is 0 Å². The maximum atomic E-state index is 12.5. The van der Waals surface area contributed by atoms with Gasteiger partial charge in [-0.2, -0.15) is 0 Å². The van der Waals surface area contributed by atoms with E-state index >= 15 is 0 Å². The molecule has 2 aromatic carbocycles. The average Bonchev–Trinajstić information content (AvgIpc) is 3.14. The van der Waals surface area contributed by atoms with Gasteiger partial charge in [-0.3, -0.25) is 4.79 Å². The van der Waals surface area contributed by atoms with E-state index in [-0.39, 0.29) is 11.7 Å². The van der Waals surface area contributed by atoms with Crippen LogP contribution in [0.1, 0.15) is 0 Å². The third-order valence-corrected chi connectivity index (χ3v) is 5.26. The molecule has 0 unspecified atom stereocenters. The zero-order chi connectivity index (χ0) is 21.1. The maximum Gasteiger partial charge on any atom is 0.235 e. The molecule has 0 radical (unpaired) electrons. The highest BCUT2D eigenvalue weighted by Gasteiger charge is 2.15. The summed E-state index contributed by atoms with van der Waals surface area (Å²) in [6, 6.07) is 10.9. The summed E-state index contributed by atoms with van der Waals surface area (Å²) in [5.41, 5.74) is 2.61. The molecule has 4 aromatic rings. The third kappa shape index (κ3) is 3.81. The molecule has 2 aromatic heterocycles. The van der Waals surface area contributed by atoms with Crippen LogP contribution in [0.4, 0.5) is 5.69 Å². The molecule has 0 saturated heterocycles. The van der Waals surface area contributed by atoms with Crippen molar-refractivity contribution in [3.05, 3.63) is 36.4 Å². The minimum absolute atomic E-state index is 0.0996. The number of nitrogens with zero attached hydrogens (tertiary/aromatic N) is 3. The summed E-state index contributed by atoms with van der Waals surface area (Å²) >= 11 is 1.18. The topological polar surface area (TPSA) is 111 Å². The zero-order valence-electron chi connectivity index (χ0n) is 16.6. The number of methoxy groups -OCH3 is 3. The molecule has 0 aliphatic heterocycles. The summed E-state index contributed by atoms with van der Waals surface area (Å²) < 4.78 is 15.9. The Morgan fingerprint density at radius 3 is 2.53 bits per heavy atom. The number of carbonyl (C=O) groups excluding carboxylic acids is 1. The van der Waals surface area contributed by atoms with Gasteiger partial charge < -0.3 is 24.5 Å². The predicted molar refractivity (Wildman–Crippen MR) is 115 cm³/mol. The molecule has 4 rings (SSSR count). The Morgan fingerprint density at radius 1 is 1.07 bits per heavy atom. The first kappa shape index (κ1) is 19.8. The number of para-hydroxylation sites is 1. The molecular formula is C20H19N5O4S.